The van der Waals surface area contributed by atoms with Gasteiger partial charge in [-0.05, 0) is 36.6 Å². The van der Waals surface area contributed by atoms with Crippen molar-refractivity contribution in [3.05, 3.63) is 59.5 Å². The zero-order valence-electron chi connectivity index (χ0n) is 12.0. The van der Waals surface area contributed by atoms with E-state index in [0.717, 1.165) is 6.42 Å². The molecule has 1 unspecified atom stereocenters. The number of urea groups is 1. The zero-order valence-corrected chi connectivity index (χ0v) is 12.0. The van der Waals surface area contributed by atoms with E-state index in [4.69, 9.17) is 4.42 Å². The number of rotatable bonds is 6. The summed E-state index contributed by atoms with van der Waals surface area (Å²) in [5, 5.41) is 15.1. The molecule has 0 aliphatic heterocycles. The van der Waals surface area contributed by atoms with E-state index in [-0.39, 0.29) is 12.6 Å². The summed E-state index contributed by atoms with van der Waals surface area (Å²) in [5.41, 5.74) is 2.43. The molecule has 112 valence electrons. The maximum absolute atomic E-state index is 11.6. The summed E-state index contributed by atoms with van der Waals surface area (Å²) in [6, 6.07) is 11.2. The minimum Gasteiger partial charge on any atom is -0.467 e. The Kier molecular flexibility index (Phi) is 5.40. The molecule has 0 fully saturated rings. The molecule has 1 aromatic carbocycles. The quantitative estimate of drug-likeness (QED) is 0.762. The zero-order chi connectivity index (χ0) is 15.1. The van der Waals surface area contributed by atoms with Crippen molar-refractivity contribution in [2.24, 2.45) is 0 Å². The Morgan fingerprint density at radius 1 is 1.24 bits per heavy atom. The van der Waals surface area contributed by atoms with Crippen molar-refractivity contribution in [3.63, 3.8) is 0 Å². The standard InChI is InChI=1S/C16H20N2O3/c1-12-5-2-3-6-13(12)8-9-17-16(20)18-11-14(19)15-7-4-10-21-15/h2-7,10,14,19H,8-9,11H2,1H3,(H2,17,18,20). The molecule has 2 aromatic rings. The van der Waals surface area contributed by atoms with E-state index in [1.807, 2.05) is 12.1 Å². The highest BCUT2D eigenvalue weighted by molar-refractivity contribution is 5.73. The van der Waals surface area contributed by atoms with Gasteiger partial charge in [-0.15, -0.1) is 0 Å². The van der Waals surface area contributed by atoms with Gasteiger partial charge in [-0.1, -0.05) is 24.3 Å². The van der Waals surface area contributed by atoms with Gasteiger partial charge in [0.05, 0.1) is 12.8 Å². The lowest BCUT2D eigenvalue weighted by molar-refractivity contribution is 0.148. The normalized spacial score (nSPS) is 11.9. The monoisotopic (exact) mass is 288 g/mol. The van der Waals surface area contributed by atoms with Crippen LogP contribution >= 0.6 is 0 Å². The topological polar surface area (TPSA) is 74.5 Å². The van der Waals surface area contributed by atoms with Crippen LogP contribution in [0, 0.1) is 6.92 Å². The predicted octanol–water partition coefficient (Wildman–Crippen LogP) is 2.16. The van der Waals surface area contributed by atoms with Gasteiger partial charge in [0, 0.05) is 6.54 Å². The largest absolute Gasteiger partial charge is 0.467 e. The van der Waals surface area contributed by atoms with Crippen molar-refractivity contribution in [1.29, 1.82) is 0 Å². The van der Waals surface area contributed by atoms with Crippen molar-refractivity contribution in [1.82, 2.24) is 10.6 Å². The van der Waals surface area contributed by atoms with Crippen LogP contribution in [0.2, 0.25) is 0 Å². The summed E-state index contributed by atoms with van der Waals surface area (Å²) in [7, 11) is 0. The van der Waals surface area contributed by atoms with E-state index in [9.17, 15) is 9.90 Å². The van der Waals surface area contributed by atoms with Gasteiger partial charge in [0.25, 0.3) is 0 Å². The molecule has 2 rings (SSSR count). The molecule has 0 bridgehead atoms. The summed E-state index contributed by atoms with van der Waals surface area (Å²) >= 11 is 0. The number of amides is 2. The lowest BCUT2D eigenvalue weighted by atomic mass is 10.1. The average Bonchev–Trinajstić information content (AvgIpc) is 3.01. The maximum Gasteiger partial charge on any atom is 0.314 e. The summed E-state index contributed by atoms with van der Waals surface area (Å²) < 4.78 is 5.06. The number of furan rings is 1. The molecule has 0 aliphatic carbocycles. The van der Waals surface area contributed by atoms with Gasteiger partial charge in [0.1, 0.15) is 11.9 Å². The third-order valence-electron chi connectivity index (χ3n) is 3.27. The second-order valence-corrected chi connectivity index (χ2v) is 4.84. The fourth-order valence-electron chi connectivity index (χ4n) is 2.03. The molecule has 5 nitrogen and oxygen atoms in total. The molecule has 0 saturated heterocycles. The number of carbonyl (C=O) groups is 1. The van der Waals surface area contributed by atoms with Crippen molar-refractivity contribution < 1.29 is 14.3 Å². The first kappa shape index (κ1) is 15.1. The van der Waals surface area contributed by atoms with E-state index in [2.05, 4.69) is 29.7 Å². The van der Waals surface area contributed by atoms with E-state index in [1.165, 1.54) is 17.4 Å². The number of aliphatic hydroxyl groups is 1. The first-order valence-electron chi connectivity index (χ1n) is 6.94. The van der Waals surface area contributed by atoms with Gasteiger partial charge in [0.2, 0.25) is 0 Å². The molecule has 0 aliphatic rings. The van der Waals surface area contributed by atoms with Crippen LogP contribution in [-0.2, 0) is 6.42 Å². The second kappa shape index (κ2) is 7.50. The van der Waals surface area contributed by atoms with Gasteiger partial charge in [0.15, 0.2) is 0 Å². The number of benzene rings is 1. The molecule has 21 heavy (non-hydrogen) atoms. The van der Waals surface area contributed by atoms with Crippen LogP contribution < -0.4 is 10.6 Å². The summed E-state index contributed by atoms with van der Waals surface area (Å²) in [6.45, 7) is 2.71. The number of hydrogen-bond acceptors (Lipinski definition) is 3. The first-order valence-corrected chi connectivity index (χ1v) is 6.94. The van der Waals surface area contributed by atoms with Gasteiger partial charge >= 0.3 is 6.03 Å². The molecular formula is C16H20N2O3. The van der Waals surface area contributed by atoms with Crippen molar-refractivity contribution in [2.75, 3.05) is 13.1 Å². The van der Waals surface area contributed by atoms with E-state index < -0.39 is 6.10 Å². The third-order valence-corrected chi connectivity index (χ3v) is 3.27. The van der Waals surface area contributed by atoms with Gasteiger partial charge in [-0.2, -0.15) is 0 Å². The minimum atomic E-state index is -0.831. The Labute approximate surface area is 124 Å². The number of aliphatic hydroxyl groups excluding tert-OH is 1. The Balaban J connectivity index is 1.67. The van der Waals surface area contributed by atoms with E-state index in [1.54, 1.807) is 12.1 Å². The van der Waals surface area contributed by atoms with Crippen molar-refractivity contribution >= 4 is 6.03 Å². The van der Waals surface area contributed by atoms with Crippen LogP contribution in [0.4, 0.5) is 4.79 Å². The lowest BCUT2D eigenvalue weighted by Gasteiger charge is -2.11. The number of aryl methyl sites for hydroxylation is 1. The maximum atomic E-state index is 11.6. The van der Waals surface area contributed by atoms with E-state index in [0.29, 0.717) is 12.3 Å². The minimum absolute atomic E-state index is 0.115. The van der Waals surface area contributed by atoms with Crippen LogP contribution in [0.1, 0.15) is 23.0 Å². The molecule has 0 saturated carbocycles. The molecule has 2 amide bonds. The predicted molar refractivity (Wildman–Crippen MR) is 80.0 cm³/mol. The highest BCUT2D eigenvalue weighted by Gasteiger charge is 2.11. The van der Waals surface area contributed by atoms with Crippen molar-refractivity contribution in [3.8, 4) is 0 Å². The summed E-state index contributed by atoms with van der Waals surface area (Å²) in [4.78, 5) is 11.6. The number of hydrogen-bond donors (Lipinski definition) is 3. The SMILES string of the molecule is Cc1ccccc1CCNC(=O)NCC(O)c1ccco1. The third kappa shape index (κ3) is 4.65. The molecule has 1 aromatic heterocycles. The van der Waals surface area contributed by atoms with Gasteiger partial charge < -0.3 is 20.2 Å². The Hall–Kier alpha value is -2.27. The van der Waals surface area contributed by atoms with Crippen LogP contribution in [-0.4, -0.2) is 24.2 Å². The van der Waals surface area contributed by atoms with Crippen LogP contribution in [0.5, 0.6) is 0 Å². The first-order chi connectivity index (χ1) is 10.2. The van der Waals surface area contributed by atoms with Crippen molar-refractivity contribution in [2.45, 2.75) is 19.4 Å². The molecule has 0 spiro atoms. The second-order valence-electron chi connectivity index (χ2n) is 4.84. The highest BCUT2D eigenvalue weighted by atomic mass is 16.4. The molecular weight excluding hydrogens is 268 g/mol. The number of nitrogens with one attached hydrogen (secondary N) is 2. The lowest BCUT2D eigenvalue weighted by Crippen LogP contribution is -2.38. The molecule has 0 radical (unpaired) electrons. The van der Waals surface area contributed by atoms with Crippen LogP contribution in [0.3, 0.4) is 0 Å². The smallest absolute Gasteiger partial charge is 0.314 e. The Morgan fingerprint density at radius 2 is 2.05 bits per heavy atom. The van der Waals surface area contributed by atoms with Crippen LogP contribution in [0.15, 0.2) is 47.1 Å². The van der Waals surface area contributed by atoms with E-state index >= 15 is 0 Å². The average molecular weight is 288 g/mol. The molecule has 3 N–H and O–H groups in total. The molecule has 1 heterocycles. The Bertz CT molecular complexity index is 567. The van der Waals surface area contributed by atoms with Crippen LogP contribution in [0.25, 0.3) is 0 Å². The Morgan fingerprint density at radius 3 is 2.76 bits per heavy atom. The van der Waals surface area contributed by atoms with Gasteiger partial charge in [-0.25, -0.2) is 4.79 Å². The fraction of sp³-hybridized carbons (Fsp3) is 0.312. The summed E-state index contributed by atoms with van der Waals surface area (Å²) in [6.07, 6.45) is 1.43. The molecule has 1 atom stereocenters. The summed E-state index contributed by atoms with van der Waals surface area (Å²) in [5.74, 6) is 0.440. The number of carbonyl (C=O) groups excluding carboxylic acids is 1. The fourth-order valence-corrected chi connectivity index (χ4v) is 2.03. The molecule has 5 heteroatoms. The highest BCUT2D eigenvalue weighted by Crippen LogP contribution is 2.11. The van der Waals surface area contributed by atoms with Gasteiger partial charge in [-0.3, -0.25) is 0 Å².